The van der Waals surface area contributed by atoms with Crippen LogP contribution in [0.4, 0.5) is 10.5 Å². The van der Waals surface area contributed by atoms with Crippen molar-refractivity contribution in [3.8, 4) is 5.75 Å². The lowest BCUT2D eigenvalue weighted by Crippen LogP contribution is -2.39. The number of aliphatic imine (C=N–C) groups is 1. The topological polar surface area (TPSA) is 84.0 Å². The van der Waals surface area contributed by atoms with Crippen LogP contribution < -0.4 is 20.7 Å². The van der Waals surface area contributed by atoms with Gasteiger partial charge in [0.25, 0.3) is 0 Å². The molecular weight excluding hydrogens is 344 g/mol. The number of guanidine groups is 1. The first kappa shape index (κ1) is 20.1. The van der Waals surface area contributed by atoms with Crippen molar-refractivity contribution in [3.05, 3.63) is 60.2 Å². The lowest BCUT2D eigenvalue weighted by molar-refractivity contribution is 0.187. The summed E-state index contributed by atoms with van der Waals surface area (Å²) in [6.45, 7) is 4.50. The van der Waals surface area contributed by atoms with Gasteiger partial charge < -0.3 is 20.1 Å². The SMILES string of the molecule is CCNC(=NCc1ccc(NC(=O)OC)cc1)NCCOc1ccccc1. The number of anilines is 1. The molecule has 0 bridgehead atoms. The zero-order valence-electron chi connectivity index (χ0n) is 15.7. The summed E-state index contributed by atoms with van der Waals surface area (Å²) < 4.78 is 10.2. The van der Waals surface area contributed by atoms with E-state index in [2.05, 4.69) is 25.7 Å². The van der Waals surface area contributed by atoms with Gasteiger partial charge in [0.2, 0.25) is 0 Å². The molecule has 27 heavy (non-hydrogen) atoms. The molecule has 2 aromatic carbocycles. The smallest absolute Gasteiger partial charge is 0.411 e. The van der Waals surface area contributed by atoms with E-state index in [0.717, 1.165) is 23.8 Å². The first-order valence-corrected chi connectivity index (χ1v) is 8.85. The molecule has 2 aromatic rings. The maximum absolute atomic E-state index is 11.2. The van der Waals surface area contributed by atoms with Crippen LogP contribution in [0.15, 0.2) is 59.6 Å². The third-order valence-corrected chi connectivity index (χ3v) is 3.56. The number of methoxy groups -OCH3 is 1. The summed E-state index contributed by atoms with van der Waals surface area (Å²) in [4.78, 5) is 15.7. The first-order chi connectivity index (χ1) is 13.2. The number of nitrogens with zero attached hydrogens (tertiary/aromatic N) is 1. The molecule has 0 fully saturated rings. The average molecular weight is 370 g/mol. The number of hydrogen-bond acceptors (Lipinski definition) is 4. The van der Waals surface area contributed by atoms with E-state index in [4.69, 9.17) is 4.74 Å². The summed E-state index contributed by atoms with van der Waals surface area (Å²) in [6.07, 6.45) is -0.489. The molecule has 2 rings (SSSR count). The highest BCUT2D eigenvalue weighted by molar-refractivity contribution is 5.84. The van der Waals surface area contributed by atoms with E-state index in [9.17, 15) is 4.79 Å². The largest absolute Gasteiger partial charge is 0.492 e. The lowest BCUT2D eigenvalue weighted by Gasteiger charge is -2.12. The predicted molar refractivity (Wildman–Crippen MR) is 107 cm³/mol. The second-order valence-corrected chi connectivity index (χ2v) is 5.60. The van der Waals surface area contributed by atoms with Gasteiger partial charge in [0.05, 0.1) is 20.2 Å². The molecule has 0 heterocycles. The van der Waals surface area contributed by atoms with E-state index in [0.29, 0.717) is 25.4 Å². The van der Waals surface area contributed by atoms with Crippen molar-refractivity contribution in [2.75, 3.05) is 32.1 Å². The zero-order valence-corrected chi connectivity index (χ0v) is 15.7. The highest BCUT2D eigenvalue weighted by Gasteiger charge is 2.01. The maximum Gasteiger partial charge on any atom is 0.411 e. The van der Waals surface area contributed by atoms with Crippen molar-refractivity contribution >= 4 is 17.7 Å². The Balaban J connectivity index is 1.80. The van der Waals surface area contributed by atoms with Gasteiger partial charge in [0.15, 0.2) is 5.96 Å². The number of hydrogen-bond donors (Lipinski definition) is 3. The number of amides is 1. The molecule has 0 radical (unpaired) electrons. The summed E-state index contributed by atoms with van der Waals surface area (Å²) in [5.74, 6) is 1.58. The Morgan fingerprint density at radius 3 is 2.44 bits per heavy atom. The Morgan fingerprint density at radius 1 is 1.04 bits per heavy atom. The van der Waals surface area contributed by atoms with Crippen LogP contribution in [0.3, 0.4) is 0 Å². The molecule has 0 aliphatic heterocycles. The minimum atomic E-state index is -0.489. The van der Waals surface area contributed by atoms with Crippen molar-refractivity contribution in [1.82, 2.24) is 10.6 Å². The summed E-state index contributed by atoms with van der Waals surface area (Å²) in [5.41, 5.74) is 1.71. The van der Waals surface area contributed by atoms with E-state index in [1.165, 1.54) is 7.11 Å². The molecule has 0 saturated heterocycles. The van der Waals surface area contributed by atoms with Crippen LogP contribution in [0.5, 0.6) is 5.75 Å². The minimum absolute atomic E-state index is 0.489. The van der Waals surface area contributed by atoms with Gasteiger partial charge in [-0.1, -0.05) is 30.3 Å². The normalized spacial score (nSPS) is 10.8. The Hall–Kier alpha value is -3.22. The molecule has 0 unspecified atom stereocenters. The summed E-state index contributed by atoms with van der Waals surface area (Å²) in [7, 11) is 1.33. The number of carbonyl (C=O) groups excluding carboxylic acids is 1. The van der Waals surface area contributed by atoms with Crippen molar-refractivity contribution in [2.45, 2.75) is 13.5 Å². The number of ether oxygens (including phenoxy) is 2. The van der Waals surface area contributed by atoms with Crippen LogP contribution in [-0.4, -0.2) is 38.9 Å². The van der Waals surface area contributed by atoms with Gasteiger partial charge in [0, 0.05) is 12.2 Å². The quantitative estimate of drug-likeness (QED) is 0.378. The fourth-order valence-electron chi connectivity index (χ4n) is 2.23. The molecule has 0 aliphatic rings. The average Bonchev–Trinajstić information content (AvgIpc) is 2.71. The Bertz CT molecular complexity index is 718. The van der Waals surface area contributed by atoms with Crippen LogP contribution in [0.2, 0.25) is 0 Å². The van der Waals surface area contributed by atoms with Crippen molar-refractivity contribution in [2.24, 2.45) is 4.99 Å². The third kappa shape index (κ3) is 7.68. The Kier molecular flexibility index (Phi) is 8.49. The maximum atomic E-state index is 11.2. The molecule has 7 heteroatoms. The van der Waals surface area contributed by atoms with Crippen LogP contribution in [0, 0.1) is 0 Å². The first-order valence-electron chi connectivity index (χ1n) is 8.85. The second-order valence-electron chi connectivity index (χ2n) is 5.60. The number of rotatable bonds is 8. The third-order valence-electron chi connectivity index (χ3n) is 3.56. The molecule has 0 spiro atoms. The van der Waals surface area contributed by atoms with Crippen molar-refractivity contribution in [3.63, 3.8) is 0 Å². The van der Waals surface area contributed by atoms with E-state index in [1.807, 2.05) is 61.5 Å². The van der Waals surface area contributed by atoms with Gasteiger partial charge in [-0.25, -0.2) is 9.79 Å². The van der Waals surface area contributed by atoms with Gasteiger partial charge in [-0.3, -0.25) is 5.32 Å². The Labute approximate surface area is 159 Å². The molecule has 3 N–H and O–H groups in total. The van der Waals surface area contributed by atoms with Crippen LogP contribution in [0.1, 0.15) is 12.5 Å². The van der Waals surface area contributed by atoms with E-state index in [-0.39, 0.29) is 0 Å². The molecule has 7 nitrogen and oxygen atoms in total. The van der Waals surface area contributed by atoms with Gasteiger partial charge >= 0.3 is 6.09 Å². The molecule has 0 aliphatic carbocycles. The van der Waals surface area contributed by atoms with Crippen LogP contribution in [0.25, 0.3) is 0 Å². The van der Waals surface area contributed by atoms with Crippen molar-refractivity contribution in [1.29, 1.82) is 0 Å². The molecule has 144 valence electrons. The highest BCUT2D eigenvalue weighted by atomic mass is 16.5. The molecule has 0 saturated carbocycles. The number of benzene rings is 2. The van der Waals surface area contributed by atoms with Crippen molar-refractivity contribution < 1.29 is 14.3 Å². The van der Waals surface area contributed by atoms with Gasteiger partial charge in [-0.05, 0) is 36.8 Å². The minimum Gasteiger partial charge on any atom is -0.492 e. The molecular formula is C20H26N4O3. The molecule has 1 amide bonds. The summed E-state index contributed by atoms with van der Waals surface area (Å²) in [6, 6.07) is 17.2. The van der Waals surface area contributed by atoms with Crippen LogP contribution >= 0.6 is 0 Å². The van der Waals surface area contributed by atoms with Gasteiger partial charge in [-0.2, -0.15) is 0 Å². The standard InChI is InChI=1S/C20H26N4O3/c1-3-21-19(22-13-14-27-18-7-5-4-6-8-18)23-15-16-9-11-17(12-10-16)24-20(25)26-2/h4-12H,3,13-15H2,1-2H3,(H,24,25)(H2,21,22,23). The molecule has 0 aromatic heterocycles. The van der Waals surface area contributed by atoms with Gasteiger partial charge in [0.1, 0.15) is 12.4 Å². The monoisotopic (exact) mass is 370 g/mol. The molecule has 0 atom stereocenters. The summed E-state index contributed by atoms with van der Waals surface area (Å²) >= 11 is 0. The lowest BCUT2D eigenvalue weighted by atomic mass is 10.2. The highest BCUT2D eigenvalue weighted by Crippen LogP contribution is 2.10. The number of carbonyl (C=O) groups is 1. The predicted octanol–water partition coefficient (Wildman–Crippen LogP) is 3.00. The van der Waals surface area contributed by atoms with E-state index < -0.39 is 6.09 Å². The fraction of sp³-hybridized carbons (Fsp3) is 0.300. The van der Waals surface area contributed by atoms with E-state index >= 15 is 0 Å². The number of nitrogens with one attached hydrogen (secondary N) is 3. The van der Waals surface area contributed by atoms with Gasteiger partial charge in [-0.15, -0.1) is 0 Å². The second kappa shape index (κ2) is 11.4. The van der Waals surface area contributed by atoms with E-state index in [1.54, 1.807) is 0 Å². The number of para-hydroxylation sites is 1. The fourth-order valence-corrected chi connectivity index (χ4v) is 2.23. The van der Waals surface area contributed by atoms with Crippen LogP contribution in [-0.2, 0) is 11.3 Å². The summed E-state index contributed by atoms with van der Waals surface area (Å²) in [5, 5.41) is 9.07. The Morgan fingerprint density at radius 2 is 1.78 bits per heavy atom. The zero-order chi connectivity index (χ0) is 19.3.